The maximum Gasteiger partial charge on any atom is 0.289 e. The third-order valence-corrected chi connectivity index (χ3v) is 4.00. The first-order valence-electron chi connectivity index (χ1n) is 7.75. The highest BCUT2D eigenvalue weighted by molar-refractivity contribution is 5.91. The van der Waals surface area contributed by atoms with Crippen LogP contribution in [-0.2, 0) is 4.79 Å². The minimum absolute atomic E-state index is 0.0185. The van der Waals surface area contributed by atoms with Gasteiger partial charge in [-0.15, -0.1) is 0 Å². The quantitative estimate of drug-likeness (QED) is 0.906. The number of rotatable bonds is 5. The van der Waals surface area contributed by atoms with Crippen LogP contribution < -0.4 is 5.32 Å². The minimum Gasteiger partial charge on any atom is -0.459 e. The molecule has 5 heteroatoms. The molecule has 2 heterocycles. The van der Waals surface area contributed by atoms with E-state index in [9.17, 15) is 9.59 Å². The number of nitrogens with one attached hydrogen (secondary N) is 1. The van der Waals surface area contributed by atoms with Crippen LogP contribution in [-0.4, -0.2) is 35.8 Å². The van der Waals surface area contributed by atoms with E-state index in [0.29, 0.717) is 18.8 Å². The molecule has 1 atom stereocenters. The van der Waals surface area contributed by atoms with Crippen molar-refractivity contribution < 1.29 is 14.0 Å². The summed E-state index contributed by atoms with van der Waals surface area (Å²) in [7, 11) is 0. The van der Waals surface area contributed by atoms with Gasteiger partial charge in [0, 0.05) is 25.0 Å². The lowest BCUT2D eigenvalue weighted by Crippen LogP contribution is -2.44. The van der Waals surface area contributed by atoms with Crippen molar-refractivity contribution in [2.75, 3.05) is 13.1 Å². The molecule has 21 heavy (non-hydrogen) atoms. The Bertz CT molecular complexity index is 462. The smallest absolute Gasteiger partial charge is 0.289 e. The molecule has 0 bridgehead atoms. The van der Waals surface area contributed by atoms with Gasteiger partial charge in [-0.2, -0.15) is 0 Å². The molecule has 1 aliphatic heterocycles. The summed E-state index contributed by atoms with van der Waals surface area (Å²) in [5.74, 6) is 0.429. The number of likely N-dealkylation sites (tertiary alicyclic amines) is 1. The monoisotopic (exact) mass is 292 g/mol. The lowest BCUT2D eigenvalue weighted by Gasteiger charge is -2.31. The molecule has 1 aliphatic rings. The van der Waals surface area contributed by atoms with Gasteiger partial charge in [-0.25, -0.2) is 0 Å². The number of piperidine rings is 1. The molecule has 1 fully saturated rings. The van der Waals surface area contributed by atoms with Gasteiger partial charge in [-0.1, -0.05) is 13.3 Å². The van der Waals surface area contributed by atoms with Gasteiger partial charge in [0.15, 0.2) is 5.76 Å². The van der Waals surface area contributed by atoms with Crippen LogP contribution in [0.4, 0.5) is 0 Å². The summed E-state index contributed by atoms with van der Waals surface area (Å²) < 4.78 is 5.13. The Balaban J connectivity index is 1.80. The molecule has 5 nitrogen and oxygen atoms in total. The maximum atomic E-state index is 12.2. The van der Waals surface area contributed by atoms with Gasteiger partial charge >= 0.3 is 0 Å². The molecule has 1 N–H and O–H groups in total. The lowest BCUT2D eigenvalue weighted by molar-refractivity contribution is -0.126. The molecule has 0 saturated carbocycles. The molecule has 0 aliphatic carbocycles. The summed E-state index contributed by atoms with van der Waals surface area (Å²) in [5.41, 5.74) is 0. The molecule has 2 rings (SSSR count). The van der Waals surface area contributed by atoms with Gasteiger partial charge in [-0.05, 0) is 38.3 Å². The van der Waals surface area contributed by atoms with E-state index in [1.54, 1.807) is 17.0 Å². The van der Waals surface area contributed by atoms with Gasteiger partial charge in [0.2, 0.25) is 5.91 Å². The van der Waals surface area contributed by atoms with E-state index in [1.807, 2.05) is 6.92 Å². The van der Waals surface area contributed by atoms with E-state index >= 15 is 0 Å². The number of carbonyl (C=O) groups is 2. The molecule has 0 unspecified atom stereocenters. The largest absolute Gasteiger partial charge is 0.459 e. The predicted molar refractivity (Wildman–Crippen MR) is 79.8 cm³/mol. The van der Waals surface area contributed by atoms with Crippen LogP contribution in [0.15, 0.2) is 22.8 Å². The Morgan fingerprint density at radius 2 is 2.14 bits per heavy atom. The summed E-state index contributed by atoms with van der Waals surface area (Å²) in [6.07, 6.45) is 5.01. The zero-order valence-corrected chi connectivity index (χ0v) is 12.8. The van der Waals surface area contributed by atoms with Crippen LogP contribution in [0.3, 0.4) is 0 Å². The SMILES string of the molecule is CCC[C@H](C)NC(=O)C1CCN(C(=O)c2ccco2)CC1. The van der Waals surface area contributed by atoms with Crippen molar-refractivity contribution in [2.45, 2.75) is 45.6 Å². The van der Waals surface area contributed by atoms with Crippen LogP contribution >= 0.6 is 0 Å². The second-order valence-electron chi connectivity index (χ2n) is 5.74. The molecule has 0 radical (unpaired) electrons. The molecule has 1 aromatic rings. The fourth-order valence-electron chi connectivity index (χ4n) is 2.77. The first-order chi connectivity index (χ1) is 10.1. The van der Waals surface area contributed by atoms with Crippen LogP contribution in [0.25, 0.3) is 0 Å². The Morgan fingerprint density at radius 1 is 1.43 bits per heavy atom. The molecule has 1 saturated heterocycles. The van der Waals surface area contributed by atoms with Crippen molar-refractivity contribution >= 4 is 11.8 Å². The van der Waals surface area contributed by atoms with Gasteiger partial charge in [0.25, 0.3) is 5.91 Å². The highest BCUT2D eigenvalue weighted by Gasteiger charge is 2.29. The van der Waals surface area contributed by atoms with E-state index in [2.05, 4.69) is 12.2 Å². The molecular weight excluding hydrogens is 268 g/mol. The highest BCUT2D eigenvalue weighted by atomic mass is 16.3. The van der Waals surface area contributed by atoms with Crippen molar-refractivity contribution in [2.24, 2.45) is 5.92 Å². The number of carbonyl (C=O) groups excluding carboxylic acids is 2. The Hall–Kier alpha value is -1.78. The molecule has 1 aromatic heterocycles. The van der Waals surface area contributed by atoms with Crippen molar-refractivity contribution in [3.05, 3.63) is 24.2 Å². The number of hydrogen-bond acceptors (Lipinski definition) is 3. The average Bonchev–Trinajstić information content (AvgIpc) is 3.01. The second kappa shape index (κ2) is 7.29. The molecule has 2 amide bonds. The highest BCUT2D eigenvalue weighted by Crippen LogP contribution is 2.19. The van der Waals surface area contributed by atoms with Gasteiger partial charge in [0.05, 0.1) is 6.26 Å². The van der Waals surface area contributed by atoms with Crippen LogP contribution in [0.1, 0.15) is 50.1 Å². The number of furan rings is 1. The van der Waals surface area contributed by atoms with E-state index in [1.165, 1.54) is 6.26 Å². The zero-order chi connectivity index (χ0) is 15.2. The number of hydrogen-bond donors (Lipinski definition) is 1. The standard InChI is InChI=1S/C16H24N2O3/c1-3-5-12(2)17-15(19)13-7-9-18(10-8-13)16(20)14-6-4-11-21-14/h4,6,11-13H,3,5,7-10H2,1-2H3,(H,17,19)/t12-/m0/s1. The fourth-order valence-corrected chi connectivity index (χ4v) is 2.77. The third kappa shape index (κ3) is 4.09. The summed E-state index contributed by atoms with van der Waals surface area (Å²) in [6.45, 7) is 5.37. The molecule has 0 aromatic carbocycles. The number of nitrogens with zero attached hydrogens (tertiary/aromatic N) is 1. The fraction of sp³-hybridized carbons (Fsp3) is 0.625. The van der Waals surface area contributed by atoms with Crippen molar-refractivity contribution in [1.29, 1.82) is 0 Å². The molecule has 116 valence electrons. The van der Waals surface area contributed by atoms with Gasteiger partial charge in [0.1, 0.15) is 0 Å². The van der Waals surface area contributed by atoms with Gasteiger partial charge in [-0.3, -0.25) is 9.59 Å². The van der Waals surface area contributed by atoms with Crippen molar-refractivity contribution in [3.63, 3.8) is 0 Å². The van der Waals surface area contributed by atoms with Crippen LogP contribution in [0, 0.1) is 5.92 Å². The van der Waals surface area contributed by atoms with E-state index < -0.39 is 0 Å². The van der Waals surface area contributed by atoms with Crippen molar-refractivity contribution in [3.8, 4) is 0 Å². The Labute approximate surface area is 125 Å². The average molecular weight is 292 g/mol. The number of amides is 2. The zero-order valence-electron chi connectivity index (χ0n) is 12.8. The summed E-state index contributed by atoms with van der Waals surface area (Å²) in [4.78, 5) is 26.0. The maximum absolute atomic E-state index is 12.2. The summed E-state index contributed by atoms with van der Waals surface area (Å²) >= 11 is 0. The van der Waals surface area contributed by atoms with Crippen LogP contribution in [0.5, 0.6) is 0 Å². The molecular formula is C16H24N2O3. The predicted octanol–water partition coefficient (Wildman–Crippen LogP) is 2.44. The normalized spacial score (nSPS) is 17.5. The minimum atomic E-state index is -0.0850. The first kappa shape index (κ1) is 15.6. The van der Waals surface area contributed by atoms with E-state index in [0.717, 1.165) is 25.7 Å². The topological polar surface area (TPSA) is 62.6 Å². The lowest BCUT2D eigenvalue weighted by atomic mass is 9.95. The van der Waals surface area contributed by atoms with Crippen molar-refractivity contribution in [1.82, 2.24) is 10.2 Å². The molecule has 0 spiro atoms. The second-order valence-corrected chi connectivity index (χ2v) is 5.74. The Morgan fingerprint density at radius 3 is 2.71 bits per heavy atom. The van der Waals surface area contributed by atoms with E-state index in [4.69, 9.17) is 4.42 Å². The van der Waals surface area contributed by atoms with Gasteiger partial charge < -0.3 is 14.6 Å². The summed E-state index contributed by atoms with van der Waals surface area (Å²) in [5, 5.41) is 3.06. The first-order valence-corrected chi connectivity index (χ1v) is 7.75. The van der Waals surface area contributed by atoms with Crippen LogP contribution in [0.2, 0.25) is 0 Å². The summed E-state index contributed by atoms with van der Waals surface area (Å²) in [6, 6.07) is 3.61. The third-order valence-electron chi connectivity index (χ3n) is 4.00. The van der Waals surface area contributed by atoms with E-state index in [-0.39, 0.29) is 23.8 Å². The Kier molecular flexibility index (Phi) is 5.42.